The number of nitrogens with zero attached hydrogens (tertiary/aromatic N) is 2. The van der Waals surface area contributed by atoms with E-state index in [1.807, 2.05) is 55.4 Å². The van der Waals surface area contributed by atoms with Gasteiger partial charge in [-0.15, -0.1) is 0 Å². The van der Waals surface area contributed by atoms with Crippen molar-refractivity contribution in [1.82, 2.24) is 15.2 Å². The van der Waals surface area contributed by atoms with Crippen LogP contribution in [-0.2, 0) is 0 Å². The molecule has 2 N–H and O–H groups in total. The molecule has 0 fully saturated rings. The second-order valence-corrected chi connectivity index (χ2v) is 6.92. The van der Waals surface area contributed by atoms with Gasteiger partial charge in [-0.05, 0) is 50.0 Å². The van der Waals surface area contributed by atoms with Crippen molar-refractivity contribution in [1.29, 1.82) is 0 Å². The number of urea groups is 1. The second kappa shape index (κ2) is 9.25. The summed E-state index contributed by atoms with van der Waals surface area (Å²) in [6.07, 6.45) is 1.80. The number of benzene rings is 2. The number of amides is 2. The molecule has 3 rings (SSSR count). The molecular formula is C22H26N4O3. The lowest BCUT2D eigenvalue weighted by atomic mass is 10.0. The zero-order valence-corrected chi connectivity index (χ0v) is 17.2. The predicted octanol–water partition coefficient (Wildman–Crippen LogP) is 3.60. The highest BCUT2D eigenvalue weighted by atomic mass is 16.5. The average Bonchev–Trinajstić information content (AvgIpc) is 2.72. The molecule has 0 atom stereocenters. The number of rotatable bonds is 7. The molecule has 152 valence electrons. The van der Waals surface area contributed by atoms with Crippen molar-refractivity contribution in [2.24, 2.45) is 0 Å². The zero-order valence-electron chi connectivity index (χ0n) is 17.2. The number of methoxy groups -OCH3 is 2. The first-order chi connectivity index (χ1) is 14.0. The van der Waals surface area contributed by atoms with Crippen molar-refractivity contribution in [3.63, 3.8) is 0 Å². The molecule has 0 saturated heterocycles. The number of nitrogens with one attached hydrogen (secondary N) is 2. The Hall–Kier alpha value is -3.32. The number of pyridine rings is 1. The number of hydrogen-bond acceptors (Lipinski definition) is 5. The average molecular weight is 394 g/mol. The summed E-state index contributed by atoms with van der Waals surface area (Å²) < 4.78 is 10.7. The van der Waals surface area contributed by atoms with Crippen LogP contribution >= 0.6 is 0 Å². The van der Waals surface area contributed by atoms with Crippen LogP contribution in [0.5, 0.6) is 11.5 Å². The predicted molar refractivity (Wildman–Crippen MR) is 116 cm³/mol. The normalized spacial score (nSPS) is 10.8. The lowest BCUT2D eigenvalue weighted by Gasteiger charge is -2.12. The Kier molecular flexibility index (Phi) is 6.51. The minimum atomic E-state index is -0.230. The molecular weight excluding hydrogens is 368 g/mol. The Morgan fingerprint density at radius 1 is 1.00 bits per heavy atom. The van der Waals surface area contributed by atoms with E-state index in [2.05, 4.69) is 21.7 Å². The molecule has 0 saturated carbocycles. The fourth-order valence-corrected chi connectivity index (χ4v) is 2.90. The van der Waals surface area contributed by atoms with Gasteiger partial charge in [0.15, 0.2) is 0 Å². The molecule has 3 aromatic rings. The molecule has 2 aromatic carbocycles. The topological polar surface area (TPSA) is 75.7 Å². The highest BCUT2D eigenvalue weighted by Crippen LogP contribution is 2.31. The van der Waals surface area contributed by atoms with Gasteiger partial charge in [-0.3, -0.25) is 4.98 Å². The summed E-state index contributed by atoms with van der Waals surface area (Å²) in [7, 11) is 7.18. The largest absolute Gasteiger partial charge is 0.497 e. The van der Waals surface area contributed by atoms with Crippen LogP contribution in [0.15, 0.2) is 48.7 Å². The van der Waals surface area contributed by atoms with Crippen molar-refractivity contribution in [3.8, 4) is 22.6 Å². The zero-order chi connectivity index (χ0) is 20.8. The summed E-state index contributed by atoms with van der Waals surface area (Å²) >= 11 is 0. The molecule has 0 spiro atoms. The molecule has 1 aromatic heterocycles. The van der Waals surface area contributed by atoms with Gasteiger partial charge in [0.2, 0.25) is 0 Å². The number of hydrogen-bond donors (Lipinski definition) is 2. The van der Waals surface area contributed by atoms with Crippen LogP contribution in [-0.4, -0.2) is 57.3 Å². The van der Waals surface area contributed by atoms with Crippen LogP contribution < -0.4 is 20.1 Å². The van der Waals surface area contributed by atoms with E-state index in [0.29, 0.717) is 12.2 Å². The molecule has 29 heavy (non-hydrogen) atoms. The van der Waals surface area contributed by atoms with Crippen LogP contribution in [0.4, 0.5) is 10.5 Å². The Morgan fingerprint density at radius 3 is 2.38 bits per heavy atom. The third kappa shape index (κ3) is 5.36. The van der Waals surface area contributed by atoms with Crippen molar-refractivity contribution in [3.05, 3.63) is 48.7 Å². The van der Waals surface area contributed by atoms with Crippen molar-refractivity contribution in [2.75, 3.05) is 46.7 Å². The van der Waals surface area contributed by atoms with Gasteiger partial charge in [0.05, 0.1) is 19.7 Å². The van der Waals surface area contributed by atoms with Gasteiger partial charge >= 0.3 is 6.03 Å². The van der Waals surface area contributed by atoms with Gasteiger partial charge in [-0.1, -0.05) is 6.07 Å². The molecule has 0 aliphatic rings. The minimum absolute atomic E-state index is 0.230. The maximum absolute atomic E-state index is 12.0. The second-order valence-electron chi connectivity index (χ2n) is 6.92. The third-order valence-corrected chi connectivity index (χ3v) is 4.47. The molecule has 2 amide bonds. The van der Waals surface area contributed by atoms with Crippen LogP contribution in [0.3, 0.4) is 0 Å². The molecule has 0 radical (unpaired) electrons. The van der Waals surface area contributed by atoms with E-state index in [9.17, 15) is 4.79 Å². The summed E-state index contributed by atoms with van der Waals surface area (Å²) in [5, 5.41) is 6.64. The number of aromatic nitrogens is 1. The smallest absolute Gasteiger partial charge is 0.319 e. The SMILES string of the molecule is COc1cc(OC)cc(-c2cnc3cc(NC(=O)NCCN(C)C)ccc3c2)c1. The lowest BCUT2D eigenvalue weighted by Crippen LogP contribution is -2.34. The Labute approximate surface area is 170 Å². The molecule has 0 unspecified atom stereocenters. The van der Waals surface area contributed by atoms with Crippen LogP contribution in [0, 0.1) is 0 Å². The van der Waals surface area contributed by atoms with Gasteiger partial charge in [-0.25, -0.2) is 4.79 Å². The number of anilines is 1. The monoisotopic (exact) mass is 394 g/mol. The van der Waals surface area contributed by atoms with E-state index < -0.39 is 0 Å². The van der Waals surface area contributed by atoms with Gasteiger partial charge in [-0.2, -0.15) is 0 Å². The van der Waals surface area contributed by atoms with Gasteiger partial charge < -0.3 is 25.0 Å². The maximum atomic E-state index is 12.0. The summed E-state index contributed by atoms with van der Waals surface area (Å²) in [6.45, 7) is 1.36. The fraction of sp³-hybridized carbons (Fsp3) is 0.273. The number of fused-ring (bicyclic) bond motifs is 1. The first-order valence-electron chi connectivity index (χ1n) is 9.31. The highest BCUT2D eigenvalue weighted by Gasteiger charge is 2.08. The quantitative estimate of drug-likeness (QED) is 0.640. The number of carbonyl (C=O) groups is 1. The summed E-state index contributed by atoms with van der Waals surface area (Å²) in [5.74, 6) is 1.44. The number of likely N-dealkylation sites (N-methyl/N-ethyl adjacent to an activating group) is 1. The van der Waals surface area contributed by atoms with E-state index in [4.69, 9.17) is 9.47 Å². The van der Waals surface area contributed by atoms with E-state index in [-0.39, 0.29) is 6.03 Å². The van der Waals surface area contributed by atoms with Crippen molar-refractivity contribution >= 4 is 22.6 Å². The van der Waals surface area contributed by atoms with E-state index in [1.54, 1.807) is 20.4 Å². The van der Waals surface area contributed by atoms with E-state index in [1.165, 1.54) is 0 Å². The van der Waals surface area contributed by atoms with E-state index >= 15 is 0 Å². The molecule has 7 nitrogen and oxygen atoms in total. The molecule has 0 aliphatic heterocycles. The number of ether oxygens (including phenoxy) is 2. The van der Waals surface area contributed by atoms with Crippen LogP contribution in [0.2, 0.25) is 0 Å². The van der Waals surface area contributed by atoms with Gasteiger partial charge in [0.25, 0.3) is 0 Å². The van der Waals surface area contributed by atoms with Gasteiger partial charge in [0.1, 0.15) is 11.5 Å². The highest BCUT2D eigenvalue weighted by molar-refractivity contribution is 5.93. The van der Waals surface area contributed by atoms with E-state index in [0.717, 1.165) is 40.1 Å². The summed E-state index contributed by atoms with van der Waals surface area (Å²) in [5.41, 5.74) is 3.41. The summed E-state index contributed by atoms with van der Waals surface area (Å²) in [6, 6.07) is 13.2. The fourth-order valence-electron chi connectivity index (χ4n) is 2.90. The lowest BCUT2D eigenvalue weighted by molar-refractivity contribution is 0.250. The Morgan fingerprint density at radius 2 is 1.72 bits per heavy atom. The molecule has 1 heterocycles. The first kappa shape index (κ1) is 20.4. The Bertz CT molecular complexity index is 982. The van der Waals surface area contributed by atoms with Crippen molar-refractivity contribution < 1.29 is 14.3 Å². The first-order valence-corrected chi connectivity index (χ1v) is 9.31. The number of carbonyl (C=O) groups excluding carboxylic acids is 1. The van der Waals surface area contributed by atoms with Crippen LogP contribution in [0.1, 0.15) is 0 Å². The standard InChI is InChI=1S/C22H26N4O3/c1-26(2)8-7-23-22(27)25-18-6-5-15-9-17(14-24-21(15)12-18)16-10-19(28-3)13-20(11-16)29-4/h5-6,9-14H,7-8H2,1-4H3,(H2,23,25,27). The molecule has 7 heteroatoms. The molecule has 0 aliphatic carbocycles. The maximum Gasteiger partial charge on any atom is 0.319 e. The Balaban J connectivity index is 1.78. The minimum Gasteiger partial charge on any atom is -0.497 e. The van der Waals surface area contributed by atoms with Gasteiger partial charge in [0, 0.05) is 42.0 Å². The summed E-state index contributed by atoms with van der Waals surface area (Å²) in [4.78, 5) is 18.6. The molecule has 0 bridgehead atoms. The van der Waals surface area contributed by atoms with Crippen LogP contribution in [0.25, 0.3) is 22.0 Å². The third-order valence-electron chi connectivity index (χ3n) is 4.47. The van der Waals surface area contributed by atoms with Crippen molar-refractivity contribution in [2.45, 2.75) is 0 Å².